The van der Waals surface area contributed by atoms with Gasteiger partial charge in [-0.1, -0.05) is 43.3 Å². The van der Waals surface area contributed by atoms with Gasteiger partial charge < -0.3 is 20.1 Å². The lowest BCUT2D eigenvalue weighted by Crippen LogP contribution is -2.35. The summed E-state index contributed by atoms with van der Waals surface area (Å²) in [5, 5.41) is 17.9. The van der Waals surface area contributed by atoms with Crippen LogP contribution in [0, 0.1) is 11.8 Å². The smallest absolute Gasteiger partial charge is 0.193 e. The van der Waals surface area contributed by atoms with Crippen LogP contribution in [-0.2, 0) is 4.74 Å². The Balaban J connectivity index is 1.61. The number of aromatic amines is 1. The number of hydrogen-bond donors (Lipinski definition) is 3. The number of methoxy groups -OCH3 is 1. The first-order valence-electron chi connectivity index (χ1n) is 11.6. The minimum Gasteiger partial charge on any atom is -0.497 e. The van der Waals surface area contributed by atoms with Crippen molar-refractivity contribution in [2.75, 3.05) is 13.7 Å². The van der Waals surface area contributed by atoms with Gasteiger partial charge in [-0.15, -0.1) is 0 Å². The summed E-state index contributed by atoms with van der Waals surface area (Å²) < 4.78 is 7.27. The maximum Gasteiger partial charge on any atom is 0.193 e. The molecule has 1 aliphatic rings. The first kappa shape index (κ1) is 22.7. The average molecular weight is 469 g/mol. The molecule has 0 amide bonds. The fourth-order valence-electron chi connectivity index (χ4n) is 4.64. The van der Waals surface area contributed by atoms with Crippen LogP contribution < -0.4 is 5.32 Å². The molecule has 1 aliphatic carbocycles. The molecule has 3 heterocycles. The van der Waals surface area contributed by atoms with Gasteiger partial charge in [-0.05, 0) is 35.9 Å². The highest BCUT2D eigenvalue weighted by Gasteiger charge is 2.32. The number of nitrogens with one attached hydrogen (secondary N) is 2. The monoisotopic (exact) mass is 468 g/mol. The number of carbonyl (C=O) groups excluding carboxylic acids is 1. The number of allylic oxidation sites excluding steroid dienone is 2. The van der Waals surface area contributed by atoms with Crippen molar-refractivity contribution in [2.45, 2.75) is 13.0 Å². The molecule has 0 fully saturated rings. The van der Waals surface area contributed by atoms with Crippen molar-refractivity contribution in [3.8, 4) is 11.1 Å². The van der Waals surface area contributed by atoms with E-state index in [9.17, 15) is 9.90 Å². The number of ketones is 1. The number of Topliss-reactive ketones (excluding diaryl/α,β-unsaturated/α-hetero) is 1. The third-order valence-electron chi connectivity index (χ3n) is 6.67. The van der Waals surface area contributed by atoms with Gasteiger partial charge in [0.2, 0.25) is 0 Å². The highest BCUT2D eigenvalue weighted by atomic mass is 16.5. The van der Waals surface area contributed by atoms with E-state index < -0.39 is 6.04 Å². The molecule has 0 spiro atoms. The summed E-state index contributed by atoms with van der Waals surface area (Å²) in [4.78, 5) is 17.3. The molecule has 4 aromatic rings. The molecule has 3 N–H and O–H groups in total. The highest BCUT2D eigenvalue weighted by Crippen LogP contribution is 2.33. The molecule has 0 saturated heterocycles. The number of ether oxygens (including phenoxy) is 1. The molecule has 0 bridgehead atoms. The van der Waals surface area contributed by atoms with Crippen molar-refractivity contribution in [2.24, 2.45) is 11.8 Å². The largest absolute Gasteiger partial charge is 0.497 e. The van der Waals surface area contributed by atoms with Crippen LogP contribution in [0.25, 0.3) is 16.6 Å². The van der Waals surface area contributed by atoms with Gasteiger partial charge in [0.1, 0.15) is 11.8 Å². The summed E-state index contributed by atoms with van der Waals surface area (Å²) in [6, 6.07) is 16.8. The van der Waals surface area contributed by atoms with Gasteiger partial charge >= 0.3 is 0 Å². The summed E-state index contributed by atoms with van der Waals surface area (Å²) in [7, 11) is 1.60. The lowest BCUT2D eigenvalue weighted by molar-refractivity contribution is 0.0942. The second-order valence-electron chi connectivity index (χ2n) is 8.72. The molecule has 3 atom stereocenters. The number of fused-ring (bicyclic) bond motifs is 1. The van der Waals surface area contributed by atoms with E-state index in [2.05, 4.69) is 15.4 Å². The zero-order valence-electron chi connectivity index (χ0n) is 19.7. The van der Waals surface area contributed by atoms with E-state index in [1.165, 1.54) is 0 Å². The third kappa shape index (κ3) is 4.26. The van der Waals surface area contributed by atoms with E-state index in [1.807, 2.05) is 79.9 Å². The Morgan fingerprint density at radius 3 is 2.77 bits per heavy atom. The van der Waals surface area contributed by atoms with E-state index >= 15 is 0 Å². The van der Waals surface area contributed by atoms with Gasteiger partial charge in [0, 0.05) is 47.3 Å². The molecule has 3 unspecified atom stereocenters. The standard InChI is InChI=1S/C28H28N4O3/c1-18-20(17-33)13-22(35-2)14-25(18)31-27(26-10-6-9-21-11-12-30-32(21)26)28(34)24-16-29-15-23(24)19-7-4-3-5-8-19/h3-16,18,20,27,29,31,33H,17H2,1-2H3. The van der Waals surface area contributed by atoms with Crippen LogP contribution in [0.2, 0.25) is 0 Å². The summed E-state index contributed by atoms with van der Waals surface area (Å²) in [5.74, 6) is 0.404. The molecule has 1 aromatic carbocycles. The Morgan fingerprint density at radius 1 is 1.17 bits per heavy atom. The molecule has 7 heteroatoms. The van der Waals surface area contributed by atoms with E-state index in [0.717, 1.165) is 28.0 Å². The van der Waals surface area contributed by atoms with Crippen LogP contribution in [0.5, 0.6) is 0 Å². The predicted molar refractivity (Wildman–Crippen MR) is 135 cm³/mol. The van der Waals surface area contributed by atoms with Crippen molar-refractivity contribution >= 4 is 11.3 Å². The first-order valence-corrected chi connectivity index (χ1v) is 11.6. The van der Waals surface area contributed by atoms with Gasteiger partial charge in [-0.25, -0.2) is 4.52 Å². The number of nitrogens with zero attached hydrogens (tertiary/aromatic N) is 2. The van der Waals surface area contributed by atoms with Crippen LogP contribution in [0.15, 0.2) is 96.8 Å². The minimum atomic E-state index is -0.721. The fourth-order valence-corrected chi connectivity index (χ4v) is 4.64. The summed E-state index contributed by atoms with van der Waals surface area (Å²) in [6.07, 6.45) is 9.14. The molecule has 35 heavy (non-hydrogen) atoms. The molecule has 3 aromatic heterocycles. The molecular formula is C28H28N4O3. The number of hydrogen-bond acceptors (Lipinski definition) is 5. The van der Waals surface area contributed by atoms with Crippen LogP contribution in [-0.4, -0.2) is 39.2 Å². The van der Waals surface area contributed by atoms with Gasteiger partial charge in [-0.2, -0.15) is 5.10 Å². The number of benzene rings is 1. The molecule has 178 valence electrons. The summed E-state index contributed by atoms with van der Waals surface area (Å²) >= 11 is 0. The Kier molecular flexibility index (Phi) is 6.25. The van der Waals surface area contributed by atoms with Crippen molar-refractivity contribution in [3.05, 3.63) is 108 Å². The molecule has 5 rings (SSSR count). The lowest BCUT2D eigenvalue weighted by atomic mass is 9.86. The van der Waals surface area contributed by atoms with Crippen molar-refractivity contribution in [1.29, 1.82) is 0 Å². The predicted octanol–water partition coefficient (Wildman–Crippen LogP) is 4.52. The number of carbonyl (C=O) groups is 1. The molecule has 7 nitrogen and oxygen atoms in total. The van der Waals surface area contributed by atoms with Crippen molar-refractivity contribution in [1.82, 2.24) is 19.9 Å². The first-order chi connectivity index (χ1) is 17.1. The number of rotatable bonds is 8. The van der Waals surface area contributed by atoms with Gasteiger partial charge in [0.05, 0.1) is 24.9 Å². The zero-order valence-corrected chi connectivity index (χ0v) is 19.7. The third-order valence-corrected chi connectivity index (χ3v) is 6.67. The van der Waals surface area contributed by atoms with E-state index in [0.29, 0.717) is 11.3 Å². The summed E-state index contributed by atoms with van der Waals surface area (Å²) in [6.45, 7) is 2.01. The Labute approximate surface area is 203 Å². The maximum atomic E-state index is 14.2. The van der Waals surface area contributed by atoms with Crippen LogP contribution in [0.1, 0.15) is 29.0 Å². The normalized spacial score (nSPS) is 18.6. The lowest BCUT2D eigenvalue weighted by Gasteiger charge is -2.31. The number of aliphatic hydroxyl groups is 1. The number of aromatic nitrogens is 3. The Morgan fingerprint density at radius 2 is 2.00 bits per heavy atom. The maximum absolute atomic E-state index is 14.2. The van der Waals surface area contributed by atoms with E-state index in [-0.39, 0.29) is 24.2 Å². The van der Waals surface area contributed by atoms with Gasteiger partial charge in [0.15, 0.2) is 5.78 Å². The minimum absolute atomic E-state index is 0.0175. The molecule has 0 saturated carbocycles. The Bertz CT molecular complexity index is 1400. The second kappa shape index (κ2) is 9.64. The fraction of sp³-hybridized carbons (Fsp3) is 0.214. The quantitative estimate of drug-likeness (QED) is 0.331. The van der Waals surface area contributed by atoms with Crippen molar-refractivity contribution < 1.29 is 14.6 Å². The molecule has 0 aliphatic heterocycles. The zero-order chi connectivity index (χ0) is 24.4. The van der Waals surface area contributed by atoms with Crippen LogP contribution in [0.4, 0.5) is 0 Å². The number of H-pyrrole nitrogens is 1. The topological polar surface area (TPSA) is 91.6 Å². The van der Waals surface area contributed by atoms with E-state index in [1.54, 1.807) is 24.0 Å². The van der Waals surface area contributed by atoms with Crippen molar-refractivity contribution in [3.63, 3.8) is 0 Å². The molecule has 0 radical (unpaired) electrons. The van der Waals surface area contributed by atoms with E-state index in [4.69, 9.17) is 4.74 Å². The second-order valence-corrected chi connectivity index (χ2v) is 8.72. The summed E-state index contributed by atoms with van der Waals surface area (Å²) in [5.41, 5.74) is 4.83. The average Bonchev–Trinajstić information content (AvgIpc) is 3.58. The number of aliphatic hydroxyl groups excluding tert-OH is 1. The van der Waals surface area contributed by atoms with Crippen LogP contribution >= 0.6 is 0 Å². The van der Waals surface area contributed by atoms with Gasteiger partial charge in [0.25, 0.3) is 0 Å². The highest BCUT2D eigenvalue weighted by molar-refractivity contribution is 6.05. The molecular weight excluding hydrogens is 440 g/mol. The van der Waals surface area contributed by atoms with Crippen LogP contribution in [0.3, 0.4) is 0 Å². The Hall–Kier alpha value is -4.10. The van der Waals surface area contributed by atoms with Gasteiger partial charge in [-0.3, -0.25) is 4.79 Å². The SMILES string of the molecule is COC1=CC(CO)C(C)C(NC(C(=O)c2c[nH]cc2-c2ccccc2)c2cccc3ccnn23)=C1. The number of pyridine rings is 1.